The van der Waals surface area contributed by atoms with Gasteiger partial charge in [-0.05, 0) is 36.6 Å². The number of hydrogen-bond acceptors (Lipinski definition) is 4. The maximum atomic E-state index is 12.5. The molecule has 0 fully saturated rings. The quantitative estimate of drug-likeness (QED) is 0.854. The van der Waals surface area contributed by atoms with Gasteiger partial charge in [-0.1, -0.05) is 0 Å². The van der Waals surface area contributed by atoms with Gasteiger partial charge >= 0.3 is 0 Å². The highest BCUT2D eigenvalue weighted by molar-refractivity contribution is 7.98. The predicted octanol–water partition coefficient (Wildman–Crippen LogP) is 2.82. The van der Waals surface area contributed by atoms with Crippen molar-refractivity contribution >= 4 is 23.4 Å². The smallest absolute Gasteiger partial charge is 0.247 e. The van der Waals surface area contributed by atoms with E-state index in [0.29, 0.717) is 11.6 Å². The van der Waals surface area contributed by atoms with Gasteiger partial charge in [-0.2, -0.15) is 11.8 Å². The van der Waals surface area contributed by atoms with Crippen LogP contribution in [0.4, 0.5) is 5.69 Å². The number of amides is 1. The van der Waals surface area contributed by atoms with Gasteiger partial charge in [-0.3, -0.25) is 4.79 Å². The first-order valence-corrected chi connectivity index (χ1v) is 8.06. The number of nitrogens with zero attached hydrogens (tertiary/aromatic N) is 2. The summed E-state index contributed by atoms with van der Waals surface area (Å²) in [7, 11) is 1.56. The summed E-state index contributed by atoms with van der Waals surface area (Å²) in [6.07, 6.45) is 8.25. The molecule has 0 spiro atoms. The number of rotatable bonds is 7. The summed E-state index contributed by atoms with van der Waals surface area (Å²) in [6, 6.07) is 7.14. The number of carbonyl (C=O) groups is 1. The van der Waals surface area contributed by atoms with Crippen LogP contribution in [0.5, 0.6) is 5.88 Å². The van der Waals surface area contributed by atoms with Crippen LogP contribution in [0.25, 0.3) is 0 Å². The van der Waals surface area contributed by atoms with E-state index in [-0.39, 0.29) is 11.9 Å². The first kappa shape index (κ1) is 15.4. The minimum absolute atomic E-state index is 0.0350. The van der Waals surface area contributed by atoms with Gasteiger partial charge in [-0.15, -0.1) is 0 Å². The van der Waals surface area contributed by atoms with Crippen LogP contribution in [0.1, 0.15) is 12.5 Å². The van der Waals surface area contributed by atoms with Crippen molar-refractivity contribution in [2.75, 3.05) is 24.4 Å². The van der Waals surface area contributed by atoms with E-state index in [0.717, 1.165) is 12.2 Å². The Hall–Kier alpha value is -1.95. The standard InChI is InChI=1S/C15H19N3O2S/c1-20-14-6-5-12(11-16-14)17-15(19)13(7-10-21-2)18-8-3-4-9-18/h3-6,8-9,11,13H,7,10H2,1-2H3,(H,17,19). The minimum atomic E-state index is -0.213. The molecule has 2 heterocycles. The molecule has 0 aliphatic rings. The molecule has 0 saturated heterocycles. The van der Waals surface area contributed by atoms with E-state index in [1.807, 2.05) is 35.3 Å². The lowest BCUT2D eigenvalue weighted by Gasteiger charge is -2.18. The van der Waals surface area contributed by atoms with Crippen LogP contribution in [0, 0.1) is 0 Å². The summed E-state index contributed by atoms with van der Waals surface area (Å²) in [6.45, 7) is 0. The van der Waals surface area contributed by atoms with E-state index in [4.69, 9.17) is 4.74 Å². The molecule has 112 valence electrons. The van der Waals surface area contributed by atoms with Crippen LogP contribution in [-0.2, 0) is 4.79 Å². The van der Waals surface area contributed by atoms with Gasteiger partial charge < -0.3 is 14.6 Å². The third-order valence-corrected chi connectivity index (χ3v) is 3.74. The van der Waals surface area contributed by atoms with Gasteiger partial charge in [0, 0.05) is 18.5 Å². The molecule has 1 atom stereocenters. The van der Waals surface area contributed by atoms with Gasteiger partial charge in [0.2, 0.25) is 11.8 Å². The third kappa shape index (κ3) is 4.26. The number of thioether (sulfide) groups is 1. The molecular weight excluding hydrogens is 286 g/mol. The van der Waals surface area contributed by atoms with Crippen LogP contribution in [-0.4, -0.2) is 34.6 Å². The number of ether oxygens (including phenoxy) is 1. The number of anilines is 1. The van der Waals surface area contributed by atoms with Crippen molar-refractivity contribution in [3.63, 3.8) is 0 Å². The Morgan fingerprint density at radius 1 is 1.43 bits per heavy atom. The molecule has 0 bridgehead atoms. The fourth-order valence-corrected chi connectivity index (χ4v) is 2.46. The van der Waals surface area contributed by atoms with Crippen molar-refractivity contribution in [2.45, 2.75) is 12.5 Å². The Balaban J connectivity index is 2.06. The first-order chi connectivity index (χ1) is 10.2. The molecule has 1 unspecified atom stereocenters. The Kier molecular flexibility index (Phi) is 5.68. The monoisotopic (exact) mass is 305 g/mol. The van der Waals surface area contributed by atoms with E-state index in [1.165, 1.54) is 0 Å². The van der Waals surface area contributed by atoms with E-state index >= 15 is 0 Å². The number of hydrogen-bond donors (Lipinski definition) is 1. The summed E-state index contributed by atoms with van der Waals surface area (Å²) in [5.74, 6) is 1.42. The average molecular weight is 305 g/mol. The largest absolute Gasteiger partial charge is 0.481 e. The highest BCUT2D eigenvalue weighted by Crippen LogP contribution is 2.18. The summed E-state index contributed by atoms with van der Waals surface area (Å²) in [5.41, 5.74) is 0.669. The topological polar surface area (TPSA) is 56.1 Å². The lowest BCUT2D eigenvalue weighted by molar-refractivity contribution is -0.119. The number of methoxy groups -OCH3 is 1. The van der Waals surface area contributed by atoms with Crippen molar-refractivity contribution in [2.24, 2.45) is 0 Å². The van der Waals surface area contributed by atoms with Crippen molar-refractivity contribution in [3.8, 4) is 5.88 Å². The van der Waals surface area contributed by atoms with E-state index in [9.17, 15) is 4.79 Å². The summed E-state index contributed by atoms with van der Waals surface area (Å²) in [4.78, 5) is 16.6. The molecule has 2 aromatic rings. The van der Waals surface area contributed by atoms with E-state index in [2.05, 4.69) is 10.3 Å². The molecule has 2 rings (SSSR count). The Morgan fingerprint density at radius 3 is 2.76 bits per heavy atom. The fourth-order valence-electron chi connectivity index (χ4n) is 2.00. The predicted molar refractivity (Wildman–Crippen MR) is 85.9 cm³/mol. The maximum absolute atomic E-state index is 12.5. The average Bonchev–Trinajstić information content (AvgIpc) is 3.02. The highest BCUT2D eigenvalue weighted by Gasteiger charge is 2.19. The molecule has 5 nitrogen and oxygen atoms in total. The fraction of sp³-hybridized carbons (Fsp3) is 0.333. The van der Waals surface area contributed by atoms with Gasteiger partial charge in [0.1, 0.15) is 6.04 Å². The van der Waals surface area contributed by atoms with Gasteiger partial charge in [0.05, 0.1) is 19.0 Å². The molecule has 21 heavy (non-hydrogen) atoms. The van der Waals surface area contributed by atoms with Gasteiger partial charge in [-0.25, -0.2) is 4.98 Å². The molecular formula is C15H19N3O2S. The van der Waals surface area contributed by atoms with Crippen molar-refractivity contribution in [1.82, 2.24) is 9.55 Å². The summed E-state index contributed by atoms with van der Waals surface area (Å²) < 4.78 is 6.94. The van der Waals surface area contributed by atoms with Crippen LogP contribution in [0.2, 0.25) is 0 Å². The molecule has 6 heteroatoms. The zero-order valence-corrected chi connectivity index (χ0v) is 13.0. The van der Waals surface area contributed by atoms with Gasteiger partial charge in [0.15, 0.2) is 0 Å². The zero-order chi connectivity index (χ0) is 15.1. The molecule has 1 amide bonds. The van der Waals surface area contributed by atoms with Crippen molar-refractivity contribution in [3.05, 3.63) is 42.9 Å². The number of pyridine rings is 1. The van der Waals surface area contributed by atoms with Crippen LogP contribution in [0.3, 0.4) is 0 Å². The second-order valence-electron chi connectivity index (χ2n) is 4.51. The second-order valence-corrected chi connectivity index (χ2v) is 5.49. The normalized spacial score (nSPS) is 11.9. The Labute approximate surface area is 128 Å². The lowest BCUT2D eigenvalue weighted by Crippen LogP contribution is -2.26. The zero-order valence-electron chi connectivity index (χ0n) is 12.2. The molecule has 0 radical (unpaired) electrons. The molecule has 0 aliphatic heterocycles. The lowest BCUT2D eigenvalue weighted by atomic mass is 10.2. The summed E-state index contributed by atoms with van der Waals surface area (Å²) >= 11 is 1.73. The molecule has 2 aromatic heterocycles. The summed E-state index contributed by atoms with van der Waals surface area (Å²) in [5, 5.41) is 2.90. The van der Waals surface area contributed by atoms with Gasteiger partial charge in [0.25, 0.3) is 0 Å². The molecule has 0 aliphatic carbocycles. The molecule has 0 aromatic carbocycles. The third-order valence-electron chi connectivity index (χ3n) is 3.10. The molecule has 1 N–H and O–H groups in total. The Morgan fingerprint density at radius 2 is 2.19 bits per heavy atom. The number of carbonyl (C=O) groups excluding carboxylic acids is 1. The van der Waals surface area contributed by atoms with E-state index in [1.54, 1.807) is 37.2 Å². The molecule has 0 saturated carbocycles. The maximum Gasteiger partial charge on any atom is 0.247 e. The van der Waals surface area contributed by atoms with Crippen LogP contribution >= 0.6 is 11.8 Å². The SMILES string of the molecule is COc1ccc(NC(=O)C(CCSC)n2cccc2)cn1. The van der Waals surface area contributed by atoms with E-state index < -0.39 is 0 Å². The minimum Gasteiger partial charge on any atom is -0.481 e. The van der Waals surface area contributed by atoms with Crippen LogP contribution in [0.15, 0.2) is 42.9 Å². The Bertz CT molecular complexity index is 555. The number of nitrogens with one attached hydrogen (secondary N) is 1. The van der Waals surface area contributed by atoms with Crippen molar-refractivity contribution in [1.29, 1.82) is 0 Å². The number of aromatic nitrogens is 2. The van der Waals surface area contributed by atoms with Crippen LogP contribution < -0.4 is 10.1 Å². The first-order valence-electron chi connectivity index (χ1n) is 6.67. The second kappa shape index (κ2) is 7.73. The van der Waals surface area contributed by atoms with Crippen molar-refractivity contribution < 1.29 is 9.53 Å². The highest BCUT2D eigenvalue weighted by atomic mass is 32.2.